The maximum Gasteiger partial charge on any atom is 0.338 e. The molecule has 104 valence electrons. The summed E-state index contributed by atoms with van der Waals surface area (Å²) in [5.74, 6) is -1.12. The summed E-state index contributed by atoms with van der Waals surface area (Å²) in [5.41, 5.74) is 0.178. The Hall–Kier alpha value is -1.40. The van der Waals surface area contributed by atoms with Crippen LogP contribution in [0.2, 0.25) is 0 Å². The van der Waals surface area contributed by atoms with E-state index in [9.17, 15) is 9.59 Å². The standard InChI is InChI=1S/C13H18N2O3S/c1-9-8-10(13(17)18)12(19-9)14-11(16)4-7-15-5-2-3-6-15/h8H,2-7H2,1H3,(H,14,16)(H,17,18). The van der Waals surface area contributed by atoms with Gasteiger partial charge in [-0.05, 0) is 38.9 Å². The van der Waals surface area contributed by atoms with E-state index in [0.717, 1.165) is 24.5 Å². The van der Waals surface area contributed by atoms with Crippen LogP contribution in [0.3, 0.4) is 0 Å². The lowest BCUT2D eigenvalue weighted by Gasteiger charge is -2.13. The molecule has 0 aromatic carbocycles. The number of thiophene rings is 1. The number of nitrogens with zero attached hydrogens (tertiary/aromatic N) is 1. The van der Waals surface area contributed by atoms with Gasteiger partial charge in [-0.3, -0.25) is 4.79 Å². The van der Waals surface area contributed by atoms with Gasteiger partial charge in [-0.1, -0.05) is 0 Å². The molecular weight excluding hydrogens is 264 g/mol. The van der Waals surface area contributed by atoms with Crippen LogP contribution in [0, 0.1) is 6.92 Å². The van der Waals surface area contributed by atoms with Crippen molar-refractivity contribution in [1.82, 2.24) is 4.90 Å². The third kappa shape index (κ3) is 3.78. The molecule has 0 saturated carbocycles. The van der Waals surface area contributed by atoms with Crippen molar-refractivity contribution < 1.29 is 14.7 Å². The molecule has 0 atom stereocenters. The van der Waals surface area contributed by atoms with E-state index < -0.39 is 5.97 Å². The number of carboxylic acids is 1. The van der Waals surface area contributed by atoms with E-state index in [0.29, 0.717) is 11.4 Å². The zero-order chi connectivity index (χ0) is 13.8. The van der Waals surface area contributed by atoms with E-state index in [1.54, 1.807) is 6.07 Å². The Labute approximate surface area is 116 Å². The monoisotopic (exact) mass is 282 g/mol. The Morgan fingerprint density at radius 1 is 1.42 bits per heavy atom. The number of hydrogen-bond donors (Lipinski definition) is 2. The molecule has 2 heterocycles. The van der Waals surface area contributed by atoms with Gasteiger partial charge in [0.2, 0.25) is 5.91 Å². The van der Waals surface area contributed by atoms with Crippen molar-refractivity contribution in [3.63, 3.8) is 0 Å². The number of rotatable bonds is 5. The maximum atomic E-state index is 11.8. The molecule has 0 spiro atoms. The highest BCUT2D eigenvalue weighted by Gasteiger charge is 2.17. The van der Waals surface area contributed by atoms with Crippen LogP contribution in [0.25, 0.3) is 0 Å². The van der Waals surface area contributed by atoms with Crippen molar-refractivity contribution in [3.8, 4) is 0 Å². The number of carboxylic acid groups (broad SMARTS) is 1. The van der Waals surface area contributed by atoms with Crippen LogP contribution in [0.1, 0.15) is 34.5 Å². The van der Waals surface area contributed by atoms with Crippen molar-refractivity contribution in [3.05, 3.63) is 16.5 Å². The van der Waals surface area contributed by atoms with E-state index in [2.05, 4.69) is 10.2 Å². The van der Waals surface area contributed by atoms with E-state index in [1.807, 2.05) is 6.92 Å². The van der Waals surface area contributed by atoms with E-state index in [4.69, 9.17) is 5.11 Å². The summed E-state index contributed by atoms with van der Waals surface area (Å²) >= 11 is 1.30. The van der Waals surface area contributed by atoms with Gasteiger partial charge in [0.15, 0.2) is 0 Å². The fourth-order valence-corrected chi connectivity index (χ4v) is 3.14. The molecule has 0 unspecified atom stereocenters. The Balaban J connectivity index is 1.89. The number of likely N-dealkylation sites (tertiary alicyclic amines) is 1. The van der Waals surface area contributed by atoms with Gasteiger partial charge in [0.1, 0.15) is 5.00 Å². The zero-order valence-electron chi connectivity index (χ0n) is 10.9. The van der Waals surface area contributed by atoms with E-state index in [1.165, 1.54) is 24.2 Å². The summed E-state index contributed by atoms with van der Waals surface area (Å²) in [7, 11) is 0. The van der Waals surface area contributed by atoms with Gasteiger partial charge >= 0.3 is 5.97 Å². The molecule has 1 saturated heterocycles. The molecule has 1 aliphatic rings. The normalized spacial score (nSPS) is 15.6. The number of carbonyl (C=O) groups excluding carboxylic acids is 1. The van der Waals surface area contributed by atoms with Gasteiger partial charge in [0.05, 0.1) is 5.56 Å². The van der Waals surface area contributed by atoms with Gasteiger partial charge in [-0.25, -0.2) is 4.79 Å². The minimum Gasteiger partial charge on any atom is -0.478 e. The van der Waals surface area contributed by atoms with E-state index in [-0.39, 0.29) is 11.5 Å². The van der Waals surface area contributed by atoms with Crippen LogP contribution in [0.5, 0.6) is 0 Å². The van der Waals surface area contributed by atoms with Crippen LogP contribution in [0.15, 0.2) is 6.07 Å². The van der Waals surface area contributed by atoms with Gasteiger partial charge in [0.25, 0.3) is 0 Å². The van der Waals surface area contributed by atoms with Crippen LogP contribution < -0.4 is 5.32 Å². The largest absolute Gasteiger partial charge is 0.478 e. The first-order chi connectivity index (χ1) is 9.06. The highest BCUT2D eigenvalue weighted by atomic mass is 32.1. The summed E-state index contributed by atoms with van der Waals surface area (Å²) in [6, 6.07) is 1.59. The third-order valence-electron chi connectivity index (χ3n) is 3.19. The molecule has 1 aromatic heterocycles. The summed E-state index contributed by atoms with van der Waals surface area (Å²) in [5, 5.41) is 12.2. The average Bonchev–Trinajstić information content (AvgIpc) is 2.96. The number of nitrogens with one attached hydrogen (secondary N) is 1. The van der Waals surface area contributed by atoms with E-state index >= 15 is 0 Å². The predicted octanol–water partition coefficient (Wildman–Crippen LogP) is 2.18. The molecule has 1 aromatic rings. The van der Waals surface area contributed by atoms with Crippen molar-refractivity contribution in [1.29, 1.82) is 0 Å². The van der Waals surface area contributed by atoms with Gasteiger partial charge in [0, 0.05) is 17.8 Å². The smallest absolute Gasteiger partial charge is 0.338 e. The molecule has 0 bridgehead atoms. The topological polar surface area (TPSA) is 69.6 Å². The second-order valence-corrected chi connectivity index (χ2v) is 6.01. The van der Waals surface area contributed by atoms with Gasteiger partial charge in [-0.2, -0.15) is 0 Å². The molecule has 6 heteroatoms. The summed E-state index contributed by atoms with van der Waals surface area (Å²) in [6.07, 6.45) is 2.82. The van der Waals surface area contributed by atoms with Crippen LogP contribution in [-0.2, 0) is 4.79 Å². The highest BCUT2D eigenvalue weighted by Crippen LogP contribution is 2.27. The molecule has 1 aliphatic heterocycles. The second kappa shape index (κ2) is 6.16. The van der Waals surface area contributed by atoms with Crippen LogP contribution in [0.4, 0.5) is 5.00 Å². The maximum absolute atomic E-state index is 11.8. The predicted molar refractivity (Wildman–Crippen MR) is 74.9 cm³/mol. The first-order valence-electron chi connectivity index (χ1n) is 6.42. The summed E-state index contributed by atoms with van der Waals surface area (Å²) in [4.78, 5) is 26.0. The first-order valence-corrected chi connectivity index (χ1v) is 7.24. The Kier molecular flexibility index (Phi) is 4.55. The number of carbonyl (C=O) groups is 2. The minimum absolute atomic E-state index is 0.115. The SMILES string of the molecule is Cc1cc(C(=O)O)c(NC(=O)CCN2CCCC2)s1. The van der Waals surface area contributed by atoms with Crippen molar-refractivity contribution in [2.45, 2.75) is 26.2 Å². The lowest BCUT2D eigenvalue weighted by molar-refractivity contribution is -0.116. The molecule has 0 radical (unpaired) electrons. The van der Waals surface area contributed by atoms with Crippen molar-refractivity contribution in [2.75, 3.05) is 25.0 Å². The lowest BCUT2D eigenvalue weighted by atomic mass is 10.3. The Bertz CT molecular complexity index is 478. The second-order valence-electron chi connectivity index (χ2n) is 4.75. The molecule has 1 fully saturated rings. The molecular formula is C13H18N2O3S. The Morgan fingerprint density at radius 2 is 2.11 bits per heavy atom. The highest BCUT2D eigenvalue weighted by molar-refractivity contribution is 7.16. The quantitative estimate of drug-likeness (QED) is 0.868. The average molecular weight is 282 g/mol. The first kappa shape index (κ1) is 14.0. The molecule has 19 heavy (non-hydrogen) atoms. The molecule has 5 nitrogen and oxygen atoms in total. The number of aryl methyl sites for hydroxylation is 1. The number of hydrogen-bond acceptors (Lipinski definition) is 4. The van der Waals surface area contributed by atoms with Gasteiger partial charge in [-0.15, -0.1) is 11.3 Å². The summed E-state index contributed by atoms with van der Waals surface area (Å²) in [6.45, 7) is 4.70. The Morgan fingerprint density at radius 3 is 2.74 bits per heavy atom. The molecule has 2 N–H and O–H groups in total. The lowest BCUT2D eigenvalue weighted by Crippen LogP contribution is -2.25. The van der Waals surface area contributed by atoms with Crippen molar-refractivity contribution >= 4 is 28.2 Å². The van der Waals surface area contributed by atoms with Crippen LogP contribution >= 0.6 is 11.3 Å². The minimum atomic E-state index is -1.00. The number of amides is 1. The summed E-state index contributed by atoms with van der Waals surface area (Å²) < 4.78 is 0. The number of anilines is 1. The fourth-order valence-electron chi connectivity index (χ4n) is 2.22. The molecule has 0 aliphatic carbocycles. The van der Waals surface area contributed by atoms with Gasteiger partial charge < -0.3 is 15.3 Å². The molecule has 1 amide bonds. The zero-order valence-corrected chi connectivity index (χ0v) is 11.8. The van der Waals surface area contributed by atoms with Crippen molar-refractivity contribution in [2.24, 2.45) is 0 Å². The third-order valence-corrected chi connectivity index (χ3v) is 4.16. The fraction of sp³-hybridized carbons (Fsp3) is 0.538. The number of aromatic carboxylic acids is 1. The molecule has 2 rings (SSSR count). The van der Waals surface area contributed by atoms with Crippen LogP contribution in [-0.4, -0.2) is 41.5 Å².